The molecule has 0 bridgehead atoms. The maximum absolute atomic E-state index is 12.5. The number of amides is 2. The van der Waals surface area contributed by atoms with Crippen molar-refractivity contribution in [1.29, 1.82) is 0 Å². The van der Waals surface area contributed by atoms with Gasteiger partial charge in [0, 0.05) is 31.4 Å². The molecule has 2 heterocycles. The topological polar surface area (TPSA) is 50.2 Å². The molecule has 1 fully saturated rings. The van der Waals surface area contributed by atoms with Gasteiger partial charge >= 0.3 is 6.03 Å². The molecule has 5 nitrogen and oxygen atoms in total. The number of nitrogens with zero attached hydrogens (tertiary/aromatic N) is 3. The third-order valence-electron chi connectivity index (χ3n) is 4.54. The maximum atomic E-state index is 12.5. The van der Waals surface area contributed by atoms with Gasteiger partial charge in [0.15, 0.2) is 0 Å². The Labute approximate surface area is 147 Å². The first kappa shape index (κ1) is 16.8. The van der Waals surface area contributed by atoms with Gasteiger partial charge in [0.1, 0.15) is 0 Å². The molecule has 2 aromatic rings. The van der Waals surface area contributed by atoms with Crippen molar-refractivity contribution in [2.75, 3.05) is 13.1 Å². The highest BCUT2D eigenvalue weighted by molar-refractivity contribution is 6.30. The van der Waals surface area contributed by atoms with Crippen LogP contribution in [0.15, 0.2) is 36.7 Å². The van der Waals surface area contributed by atoms with E-state index in [1.54, 1.807) is 0 Å². The minimum Gasteiger partial charge on any atom is -0.331 e. The zero-order chi connectivity index (χ0) is 17.1. The Hall–Kier alpha value is -2.01. The highest BCUT2D eigenvalue weighted by Crippen LogP contribution is 2.22. The number of urea groups is 1. The van der Waals surface area contributed by atoms with Gasteiger partial charge in [0.05, 0.1) is 12.2 Å². The Kier molecular flexibility index (Phi) is 5.09. The van der Waals surface area contributed by atoms with Gasteiger partial charge in [0.25, 0.3) is 0 Å². The molecule has 128 valence electrons. The average Bonchev–Trinajstić information content (AvgIpc) is 3.17. The van der Waals surface area contributed by atoms with Gasteiger partial charge in [-0.25, -0.2) is 4.79 Å². The van der Waals surface area contributed by atoms with Crippen LogP contribution in [0.5, 0.6) is 0 Å². The molecule has 1 N–H and O–H groups in total. The molecular weight excluding hydrogens is 324 g/mol. The number of carbonyl (C=O) groups is 1. The second-order valence-electron chi connectivity index (χ2n) is 6.55. The minimum atomic E-state index is -0.0615. The molecule has 6 heteroatoms. The van der Waals surface area contributed by atoms with E-state index < -0.39 is 0 Å². The van der Waals surface area contributed by atoms with Crippen LogP contribution in [0.3, 0.4) is 0 Å². The van der Waals surface area contributed by atoms with Gasteiger partial charge in [-0.05, 0) is 48.9 Å². The smallest absolute Gasteiger partial charge is 0.317 e. The summed E-state index contributed by atoms with van der Waals surface area (Å²) >= 11 is 6.02. The summed E-state index contributed by atoms with van der Waals surface area (Å²) in [5.41, 5.74) is 2.25. The lowest BCUT2D eigenvalue weighted by Crippen LogP contribution is -2.39. The van der Waals surface area contributed by atoms with Crippen molar-refractivity contribution >= 4 is 17.6 Å². The van der Waals surface area contributed by atoms with Crippen LogP contribution in [0.2, 0.25) is 5.02 Å². The van der Waals surface area contributed by atoms with E-state index in [1.165, 1.54) is 5.56 Å². The van der Waals surface area contributed by atoms with E-state index in [4.69, 9.17) is 11.6 Å². The van der Waals surface area contributed by atoms with Crippen LogP contribution < -0.4 is 5.32 Å². The largest absolute Gasteiger partial charge is 0.331 e. The van der Waals surface area contributed by atoms with E-state index in [9.17, 15) is 4.79 Å². The lowest BCUT2D eigenvalue weighted by atomic mass is 10.0. The first-order valence-corrected chi connectivity index (χ1v) is 8.67. The molecule has 0 unspecified atom stereocenters. The molecule has 0 saturated carbocycles. The molecule has 0 radical (unpaired) electrons. The highest BCUT2D eigenvalue weighted by Gasteiger charge is 2.27. The molecule has 1 aliphatic rings. The van der Waals surface area contributed by atoms with Crippen LogP contribution in [-0.4, -0.2) is 33.8 Å². The number of rotatable bonds is 4. The number of carbonyl (C=O) groups excluding carboxylic acids is 1. The molecule has 3 rings (SSSR count). The van der Waals surface area contributed by atoms with E-state index in [2.05, 4.69) is 10.4 Å². The number of halogens is 1. The fraction of sp³-hybridized carbons (Fsp3) is 0.444. The molecule has 2 amide bonds. The van der Waals surface area contributed by atoms with Gasteiger partial charge in [0.2, 0.25) is 0 Å². The molecule has 1 aromatic heterocycles. The zero-order valence-corrected chi connectivity index (χ0v) is 14.8. The third kappa shape index (κ3) is 4.09. The van der Waals surface area contributed by atoms with Crippen molar-refractivity contribution in [2.45, 2.75) is 25.8 Å². The van der Waals surface area contributed by atoms with Crippen LogP contribution in [0.4, 0.5) is 4.79 Å². The fourth-order valence-corrected chi connectivity index (χ4v) is 3.43. The van der Waals surface area contributed by atoms with Crippen molar-refractivity contribution in [2.24, 2.45) is 13.0 Å². The number of hydrogen-bond donors (Lipinski definition) is 1. The van der Waals surface area contributed by atoms with E-state index in [0.29, 0.717) is 10.9 Å². The van der Waals surface area contributed by atoms with Crippen LogP contribution in [0.1, 0.15) is 30.5 Å². The predicted molar refractivity (Wildman–Crippen MR) is 95.0 cm³/mol. The Balaban J connectivity index is 1.52. The van der Waals surface area contributed by atoms with Gasteiger partial charge in [-0.15, -0.1) is 0 Å². The molecule has 24 heavy (non-hydrogen) atoms. The summed E-state index contributed by atoms with van der Waals surface area (Å²) in [5.74, 6) is 0.501. The molecular formula is C18H23ClN4O. The van der Waals surface area contributed by atoms with Crippen molar-refractivity contribution in [3.63, 3.8) is 0 Å². The van der Waals surface area contributed by atoms with Gasteiger partial charge in [-0.2, -0.15) is 5.10 Å². The van der Waals surface area contributed by atoms with E-state index >= 15 is 0 Å². The Morgan fingerprint density at radius 2 is 2.33 bits per heavy atom. The minimum absolute atomic E-state index is 0.00355. The van der Waals surface area contributed by atoms with Crippen molar-refractivity contribution < 1.29 is 4.79 Å². The summed E-state index contributed by atoms with van der Waals surface area (Å²) in [5, 5.41) is 7.96. The first-order chi connectivity index (χ1) is 11.5. The molecule has 0 spiro atoms. The van der Waals surface area contributed by atoms with Crippen LogP contribution in [0.25, 0.3) is 0 Å². The molecule has 1 aromatic carbocycles. The van der Waals surface area contributed by atoms with Crippen LogP contribution in [-0.2, 0) is 13.5 Å². The summed E-state index contributed by atoms with van der Waals surface area (Å²) in [6, 6.07) is 7.54. The standard InChI is InChI=1S/C18H23ClN4O/c1-13(16-4-3-5-17(19)9-16)21-18(24)23-7-6-14(12-23)8-15-10-20-22(2)11-15/h3-5,9-11,13-14H,6-8,12H2,1-2H3,(H,21,24)/t13-,14+/m0/s1. The number of aromatic nitrogens is 2. The number of hydrogen-bond acceptors (Lipinski definition) is 2. The second kappa shape index (κ2) is 7.26. The molecule has 0 aliphatic carbocycles. The first-order valence-electron chi connectivity index (χ1n) is 8.29. The maximum Gasteiger partial charge on any atom is 0.317 e. The van der Waals surface area contributed by atoms with Crippen molar-refractivity contribution in [3.05, 3.63) is 52.8 Å². The third-order valence-corrected chi connectivity index (χ3v) is 4.78. The summed E-state index contributed by atoms with van der Waals surface area (Å²) in [7, 11) is 1.93. The number of likely N-dealkylation sites (tertiary alicyclic amines) is 1. The highest BCUT2D eigenvalue weighted by atomic mass is 35.5. The Morgan fingerprint density at radius 3 is 3.04 bits per heavy atom. The quantitative estimate of drug-likeness (QED) is 0.922. The van der Waals surface area contributed by atoms with E-state index in [0.717, 1.165) is 31.5 Å². The molecule has 1 saturated heterocycles. The molecule has 2 atom stereocenters. The SMILES string of the molecule is C[C@H](NC(=O)N1CC[C@H](Cc2cnn(C)c2)C1)c1cccc(Cl)c1. The Morgan fingerprint density at radius 1 is 1.50 bits per heavy atom. The van der Waals surface area contributed by atoms with Gasteiger partial charge < -0.3 is 10.2 Å². The fourth-order valence-electron chi connectivity index (χ4n) is 3.23. The Bertz CT molecular complexity index is 715. The van der Waals surface area contributed by atoms with Gasteiger partial charge in [-0.3, -0.25) is 4.68 Å². The predicted octanol–water partition coefficient (Wildman–Crippen LogP) is 3.41. The summed E-state index contributed by atoms with van der Waals surface area (Å²) in [6.45, 7) is 3.58. The summed E-state index contributed by atoms with van der Waals surface area (Å²) in [6.07, 6.45) is 5.96. The number of benzene rings is 1. The van der Waals surface area contributed by atoms with E-state index in [-0.39, 0.29) is 12.1 Å². The summed E-state index contributed by atoms with van der Waals surface area (Å²) in [4.78, 5) is 14.4. The molecule has 1 aliphatic heterocycles. The number of nitrogens with one attached hydrogen (secondary N) is 1. The van der Waals surface area contributed by atoms with Crippen LogP contribution in [0, 0.1) is 5.92 Å². The lowest BCUT2D eigenvalue weighted by molar-refractivity contribution is 0.203. The zero-order valence-electron chi connectivity index (χ0n) is 14.1. The van der Waals surface area contributed by atoms with E-state index in [1.807, 2.05) is 60.2 Å². The van der Waals surface area contributed by atoms with Crippen molar-refractivity contribution in [3.8, 4) is 0 Å². The van der Waals surface area contributed by atoms with Gasteiger partial charge in [-0.1, -0.05) is 23.7 Å². The lowest BCUT2D eigenvalue weighted by Gasteiger charge is -2.21. The van der Waals surface area contributed by atoms with Crippen molar-refractivity contribution in [1.82, 2.24) is 20.0 Å². The average molecular weight is 347 g/mol. The monoisotopic (exact) mass is 346 g/mol. The normalized spacial score (nSPS) is 18.6. The summed E-state index contributed by atoms with van der Waals surface area (Å²) < 4.78 is 1.82. The number of aryl methyl sites for hydroxylation is 1. The van der Waals surface area contributed by atoms with Crippen LogP contribution >= 0.6 is 11.6 Å². The second-order valence-corrected chi connectivity index (χ2v) is 6.99.